The SMILES string of the molecule is O=S1(=Nc2cc(Br)ccc2F)CCC1. The van der Waals surface area contributed by atoms with Gasteiger partial charge in [0, 0.05) is 16.0 Å². The van der Waals surface area contributed by atoms with Gasteiger partial charge in [0.2, 0.25) is 0 Å². The Morgan fingerprint density at radius 2 is 2.14 bits per heavy atom. The highest BCUT2D eigenvalue weighted by molar-refractivity contribution is 9.10. The highest BCUT2D eigenvalue weighted by atomic mass is 79.9. The van der Waals surface area contributed by atoms with Gasteiger partial charge in [-0.25, -0.2) is 8.60 Å². The van der Waals surface area contributed by atoms with E-state index in [-0.39, 0.29) is 5.69 Å². The van der Waals surface area contributed by atoms with Crippen LogP contribution < -0.4 is 0 Å². The predicted molar refractivity (Wildman–Crippen MR) is 58.7 cm³/mol. The Kier molecular flexibility index (Phi) is 2.62. The van der Waals surface area contributed by atoms with E-state index in [2.05, 4.69) is 20.3 Å². The zero-order valence-corrected chi connectivity index (χ0v) is 9.78. The molecule has 2 rings (SSSR count). The van der Waals surface area contributed by atoms with Crippen LogP contribution in [0.1, 0.15) is 6.42 Å². The van der Waals surface area contributed by atoms with Gasteiger partial charge < -0.3 is 0 Å². The van der Waals surface area contributed by atoms with Crippen molar-refractivity contribution in [1.82, 2.24) is 0 Å². The summed E-state index contributed by atoms with van der Waals surface area (Å²) in [5.74, 6) is 0.778. The molecule has 1 aromatic rings. The van der Waals surface area contributed by atoms with Gasteiger partial charge in [0.25, 0.3) is 0 Å². The Morgan fingerprint density at radius 1 is 1.43 bits per heavy atom. The molecule has 0 atom stereocenters. The van der Waals surface area contributed by atoms with Crippen LogP contribution in [-0.4, -0.2) is 15.7 Å². The van der Waals surface area contributed by atoms with Crippen LogP contribution in [0.3, 0.4) is 0 Å². The van der Waals surface area contributed by atoms with Gasteiger partial charge in [0.1, 0.15) is 11.5 Å². The summed E-state index contributed by atoms with van der Waals surface area (Å²) in [4.78, 5) is 0. The average molecular weight is 278 g/mol. The summed E-state index contributed by atoms with van der Waals surface area (Å²) < 4.78 is 29.7. The van der Waals surface area contributed by atoms with Gasteiger partial charge in [-0.05, 0) is 24.6 Å². The van der Waals surface area contributed by atoms with Crippen molar-refractivity contribution in [2.75, 3.05) is 11.5 Å². The molecule has 0 saturated carbocycles. The maximum absolute atomic E-state index is 13.2. The highest BCUT2D eigenvalue weighted by Gasteiger charge is 2.19. The standard InChI is InChI=1S/C9H9BrFNOS/c10-7-2-3-8(11)9(6-7)12-14(13)4-1-5-14/h2-3,6H,1,4-5H2. The fourth-order valence-corrected chi connectivity index (χ4v) is 3.03. The van der Waals surface area contributed by atoms with Crippen LogP contribution in [0.5, 0.6) is 0 Å². The van der Waals surface area contributed by atoms with Gasteiger partial charge >= 0.3 is 0 Å². The van der Waals surface area contributed by atoms with Crippen molar-refractivity contribution in [1.29, 1.82) is 0 Å². The van der Waals surface area contributed by atoms with E-state index >= 15 is 0 Å². The zero-order chi connectivity index (χ0) is 10.2. The maximum Gasteiger partial charge on any atom is 0.149 e. The second-order valence-electron chi connectivity index (χ2n) is 3.22. The van der Waals surface area contributed by atoms with E-state index in [9.17, 15) is 8.60 Å². The normalized spacial score (nSPS) is 18.7. The summed E-state index contributed by atoms with van der Waals surface area (Å²) in [6.45, 7) is 0. The minimum Gasteiger partial charge on any atom is -0.249 e. The molecule has 76 valence electrons. The van der Waals surface area contributed by atoms with Crippen LogP contribution in [0.25, 0.3) is 0 Å². The lowest BCUT2D eigenvalue weighted by Gasteiger charge is -2.17. The van der Waals surface area contributed by atoms with Gasteiger partial charge in [-0.2, -0.15) is 4.36 Å². The Labute approximate surface area is 90.8 Å². The topological polar surface area (TPSA) is 29.4 Å². The second-order valence-corrected chi connectivity index (χ2v) is 6.68. The Morgan fingerprint density at radius 3 is 2.71 bits per heavy atom. The van der Waals surface area contributed by atoms with Gasteiger partial charge in [-0.1, -0.05) is 15.9 Å². The highest BCUT2D eigenvalue weighted by Crippen LogP contribution is 2.26. The van der Waals surface area contributed by atoms with Crippen molar-refractivity contribution in [3.63, 3.8) is 0 Å². The fourth-order valence-electron chi connectivity index (χ4n) is 1.22. The van der Waals surface area contributed by atoms with E-state index in [0.29, 0.717) is 11.5 Å². The number of halogens is 2. The molecule has 1 aliphatic rings. The molecule has 5 heteroatoms. The second kappa shape index (κ2) is 3.62. The van der Waals surface area contributed by atoms with E-state index in [4.69, 9.17) is 0 Å². The molecule has 2 nitrogen and oxygen atoms in total. The van der Waals surface area contributed by atoms with E-state index in [0.717, 1.165) is 10.9 Å². The van der Waals surface area contributed by atoms with Crippen LogP contribution in [0, 0.1) is 5.82 Å². The first-order chi connectivity index (χ1) is 6.59. The summed E-state index contributed by atoms with van der Waals surface area (Å²) in [6, 6.07) is 4.48. The monoisotopic (exact) mass is 277 g/mol. The minimum absolute atomic E-state index is 0.198. The van der Waals surface area contributed by atoms with Gasteiger partial charge in [0.05, 0.1) is 9.73 Å². The van der Waals surface area contributed by atoms with Gasteiger partial charge in [0.15, 0.2) is 0 Å². The first-order valence-electron chi connectivity index (χ1n) is 4.27. The predicted octanol–water partition coefficient (Wildman–Crippen LogP) is 3.09. The van der Waals surface area contributed by atoms with Crippen molar-refractivity contribution < 1.29 is 8.60 Å². The molecule has 0 unspecified atom stereocenters. The molecule has 0 aliphatic carbocycles. The van der Waals surface area contributed by atoms with Gasteiger partial charge in [-0.3, -0.25) is 0 Å². The summed E-state index contributed by atoms with van der Waals surface area (Å²) in [7, 11) is -2.12. The Hall–Kier alpha value is -0.420. The third kappa shape index (κ3) is 1.98. The number of nitrogens with zero attached hydrogens (tertiary/aromatic N) is 1. The van der Waals surface area contributed by atoms with Crippen molar-refractivity contribution in [3.05, 3.63) is 28.5 Å². The molecule has 1 heterocycles. The molecular formula is C9H9BrFNOS. The molecule has 14 heavy (non-hydrogen) atoms. The number of hydrogen-bond donors (Lipinski definition) is 0. The van der Waals surface area contributed by atoms with Crippen molar-refractivity contribution in [3.8, 4) is 0 Å². The number of hydrogen-bond acceptors (Lipinski definition) is 2. The van der Waals surface area contributed by atoms with Crippen LogP contribution in [0.4, 0.5) is 10.1 Å². The first kappa shape index (κ1) is 10.1. The van der Waals surface area contributed by atoms with Crippen LogP contribution in [0.15, 0.2) is 27.0 Å². The molecular weight excluding hydrogens is 269 g/mol. The minimum atomic E-state index is -2.12. The third-order valence-electron chi connectivity index (χ3n) is 2.10. The number of rotatable bonds is 1. The van der Waals surface area contributed by atoms with Crippen molar-refractivity contribution in [2.45, 2.75) is 6.42 Å². The molecule has 0 radical (unpaired) electrons. The molecule has 1 fully saturated rings. The average Bonchev–Trinajstić information content (AvgIpc) is 2.09. The van der Waals surface area contributed by atoms with E-state index in [1.54, 1.807) is 12.1 Å². The number of benzene rings is 1. The molecule has 1 aromatic carbocycles. The first-order valence-corrected chi connectivity index (χ1v) is 6.91. The summed E-state index contributed by atoms with van der Waals surface area (Å²) in [5.41, 5.74) is 0.198. The van der Waals surface area contributed by atoms with Crippen molar-refractivity contribution in [2.24, 2.45) is 4.36 Å². The molecule has 0 N–H and O–H groups in total. The lowest BCUT2D eigenvalue weighted by molar-refractivity contribution is 0.628. The van der Waals surface area contributed by atoms with E-state index < -0.39 is 15.5 Å². The van der Waals surface area contributed by atoms with Crippen LogP contribution in [0.2, 0.25) is 0 Å². The van der Waals surface area contributed by atoms with Gasteiger partial charge in [-0.15, -0.1) is 0 Å². The molecule has 0 aromatic heterocycles. The quantitative estimate of drug-likeness (QED) is 0.776. The fraction of sp³-hybridized carbons (Fsp3) is 0.333. The van der Waals surface area contributed by atoms with E-state index in [1.807, 2.05) is 0 Å². The Bertz CT molecular complexity index is 470. The van der Waals surface area contributed by atoms with Crippen LogP contribution in [-0.2, 0) is 9.73 Å². The third-order valence-corrected chi connectivity index (χ3v) is 4.98. The smallest absolute Gasteiger partial charge is 0.149 e. The van der Waals surface area contributed by atoms with Crippen molar-refractivity contribution >= 4 is 31.3 Å². The molecule has 0 amide bonds. The summed E-state index contributed by atoms with van der Waals surface area (Å²) >= 11 is 3.22. The lowest BCUT2D eigenvalue weighted by atomic mass is 10.3. The van der Waals surface area contributed by atoms with E-state index in [1.165, 1.54) is 6.07 Å². The Balaban J connectivity index is 2.47. The molecule has 1 aliphatic heterocycles. The zero-order valence-electron chi connectivity index (χ0n) is 7.37. The lowest BCUT2D eigenvalue weighted by Crippen LogP contribution is -2.23. The molecule has 0 bridgehead atoms. The van der Waals surface area contributed by atoms with Crippen LogP contribution >= 0.6 is 15.9 Å². The summed E-state index contributed by atoms with van der Waals surface area (Å²) in [6.07, 6.45) is 0.929. The largest absolute Gasteiger partial charge is 0.249 e. The summed E-state index contributed by atoms with van der Waals surface area (Å²) in [5, 5.41) is 0. The molecule has 1 saturated heterocycles. The maximum atomic E-state index is 13.2. The molecule has 0 spiro atoms.